The molecule has 0 aliphatic heterocycles. The highest BCUT2D eigenvalue weighted by molar-refractivity contribution is 6.09. The Labute approximate surface area is 322 Å². The molecule has 0 bridgehead atoms. The Morgan fingerprint density at radius 3 is 1.89 bits per heavy atom. The molecule has 1 heterocycles. The number of hydrogen-bond donors (Lipinski definition) is 0. The van der Waals surface area contributed by atoms with Crippen molar-refractivity contribution in [2.75, 3.05) is 0 Å². The minimum atomic E-state index is -0.109. The Kier molecular flexibility index (Phi) is 7.96. The molecule has 262 valence electrons. The molecule has 9 aromatic rings. The third kappa shape index (κ3) is 5.81. The van der Waals surface area contributed by atoms with Crippen molar-refractivity contribution in [3.8, 4) is 44.5 Å². The van der Waals surface area contributed by atoms with Crippen molar-refractivity contribution in [3.05, 3.63) is 216 Å². The highest BCUT2D eigenvalue weighted by atomic mass is 16.3. The van der Waals surface area contributed by atoms with Crippen LogP contribution in [0.5, 0.6) is 0 Å². The number of para-hydroxylation sites is 2. The fourth-order valence-corrected chi connectivity index (χ4v) is 8.70. The van der Waals surface area contributed by atoms with Gasteiger partial charge in [-0.15, -0.1) is 0 Å². The molecule has 0 N–H and O–H groups in total. The van der Waals surface area contributed by atoms with Crippen LogP contribution in [0.2, 0.25) is 0 Å². The standard InChI is InChI=1S/C54H40O/c1-54(2)49-21-12-18-44(41-15-7-4-8-16-41)52(49)48-32-25-37(35-50(48)54)34-43(33-36-23-26-39(27-24-36)38-13-5-3-6-14-38)40-28-30-42(31-29-40)45-19-11-20-47-46-17-9-10-22-51(46)55-53(45)47/h3-33,35H,34H2,1-2H3/b43-33-. The monoisotopic (exact) mass is 704 g/mol. The fourth-order valence-electron chi connectivity index (χ4n) is 8.70. The van der Waals surface area contributed by atoms with Crippen LogP contribution in [0.4, 0.5) is 0 Å². The molecular formula is C54H40O. The van der Waals surface area contributed by atoms with Gasteiger partial charge in [0.05, 0.1) is 0 Å². The number of furan rings is 1. The van der Waals surface area contributed by atoms with E-state index in [2.05, 4.69) is 196 Å². The lowest BCUT2D eigenvalue weighted by Gasteiger charge is -2.22. The molecule has 0 atom stereocenters. The molecule has 1 aliphatic rings. The average Bonchev–Trinajstić information content (AvgIpc) is 3.73. The zero-order valence-electron chi connectivity index (χ0n) is 31.1. The first kappa shape index (κ1) is 32.9. The largest absolute Gasteiger partial charge is 0.455 e. The summed E-state index contributed by atoms with van der Waals surface area (Å²) >= 11 is 0. The van der Waals surface area contributed by atoms with Gasteiger partial charge >= 0.3 is 0 Å². The molecule has 1 nitrogen and oxygen atoms in total. The van der Waals surface area contributed by atoms with Crippen LogP contribution in [0.25, 0.3) is 78.1 Å². The van der Waals surface area contributed by atoms with Crippen molar-refractivity contribution in [1.82, 2.24) is 0 Å². The van der Waals surface area contributed by atoms with Gasteiger partial charge in [0, 0.05) is 21.8 Å². The van der Waals surface area contributed by atoms with Gasteiger partial charge in [-0.05, 0) is 84.8 Å². The summed E-state index contributed by atoms with van der Waals surface area (Å²) < 4.78 is 6.41. The first-order chi connectivity index (χ1) is 27.0. The van der Waals surface area contributed by atoms with Crippen molar-refractivity contribution in [1.29, 1.82) is 0 Å². The van der Waals surface area contributed by atoms with Crippen LogP contribution >= 0.6 is 0 Å². The summed E-state index contributed by atoms with van der Waals surface area (Å²) in [6.45, 7) is 4.76. The van der Waals surface area contributed by atoms with Gasteiger partial charge in [-0.3, -0.25) is 0 Å². The molecule has 55 heavy (non-hydrogen) atoms. The lowest BCUT2D eigenvalue weighted by Crippen LogP contribution is -2.15. The van der Waals surface area contributed by atoms with E-state index < -0.39 is 0 Å². The molecule has 10 rings (SSSR count). The molecule has 0 radical (unpaired) electrons. The summed E-state index contributed by atoms with van der Waals surface area (Å²) in [7, 11) is 0. The van der Waals surface area contributed by atoms with Gasteiger partial charge in [0.1, 0.15) is 11.2 Å². The van der Waals surface area contributed by atoms with Crippen molar-refractivity contribution >= 4 is 33.6 Å². The van der Waals surface area contributed by atoms with Crippen LogP contribution in [0.15, 0.2) is 192 Å². The quantitative estimate of drug-likeness (QED) is 0.151. The predicted octanol–water partition coefficient (Wildman–Crippen LogP) is 14.7. The molecule has 0 saturated carbocycles. The second-order valence-electron chi connectivity index (χ2n) is 15.3. The van der Waals surface area contributed by atoms with Gasteiger partial charge in [0.15, 0.2) is 0 Å². The van der Waals surface area contributed by atoms with Crippen molar-refractivity contribution in [3.63, 3.8) is 0 Å². The zero-order valence-corrected chi connectivity index (χ0v) is 31.1. The Morgan fingerprint density at radius 2 is 1.11 bits per heavy atom. The molecule has 0 unspecified atom stereocenters. The van der Waals surface area contributed by atoms with Crippen molar-refractivity contribution in [2.45, 2.75) is 25.7 Å². The minimum Gasteiger partial charge on any atom is -0.455 e. The molecule has 1 aliphatic carbocycles. The maximum atomic E-state index is 6.41. The van der Waals surface area contributed by atoms with E-state index in [0.29, 0.717) is 0 Å². The zero-order chi connectivity index (χ0) is 36.9. The number of benzene rings is 8. The summed E-state index contributed by atoms with van der Waals surface area (Å²) in [5, 5.41) is 2.30. The van der Waals surface area contributed by atoms with Crippen molar-refractivity contribution < 1.29 is 4.42 Å². The third-order valence-electron chi connectivity index (χ3n) is 11.6. The highest BCUT2D eigenvalue weighted by Gasteiger charge is 2.37. The van der Waals surface area contributed by atoms with E-state index in [0.717, 1.165) is 39.5 Å². The number of fused-ring (bicyclic) bond motifs is 6. The van der Waals surface area contributed by atoms with Crippen LogP contribution < -0.4 is 0 Å². The van der Waals surface area contributed by atoms with Crippen LogP contribution in [0.1, 0.15) is 41.7 Å². The van der Waals surface area contributed by atoms with Gasteiger partial charge in [-0.25, -0.2) is 0 Å². The second-order valence-corrected chi connectivity index (χ2v) is 15.3. The lowest BCUT2D eigenvalue weighted by atomic mass is 9.81. The maximum Gasteiger partial charge on any atom is 0.143 e. The number of allylic oxidation sites excluding steroid dienone is 1. The molecular weight excluding hydrogens is 665 g/mol. The number of hydrogen-bond acceptors (Lipinski definition) is 1. The van der Waals surface area contributed by atoms with Gasteiger partial charge < -0.3 is 4.42 Å². The van der Waals surface area contributed by atoms with Crippen LogP contribution in [-0.2, 0) is 11.8 Å². The number of rotatable bonds is 7. The fraction of sp³-hybridized carbons (Fsp3) is 0.0741. The third-order valence-corrected chi connectivity index (χ3v) is 11.6. The lowest BCUT2D eigenvalue weighted by molar-refractivity contribution is 0.659. The van der Waals surface area contributed by atoms with Crippen LogP contribution in [0, 0.1) is 0 Å². The first-order valence-electron chi connectivity index (χ1n) is 19.2. The molecule has 0 spiro atoms. The van der Waals surface area contributed by atoms with Gasteiger partial charge in [-0.1, -0.05) is 202 Å². The Hall–Kier alpha value is -6.70. The molecule has 0 fully saturated rings. The minimum absolute atomic E-state index is 0.109. The Morgan fingerprint density at radius 1 is 0.491 bits per heavy atom. The molecule has 8 aromatic carbocycles. The summed E-state index contributed by atoms with van der Waals surface area (Å²) in [5.74, 6) is 0. The summed E-state index contributed by atoms with van der Waals surface area (Å²) in [5.41, 5.74) is 19.5. The summed E-state index contributed by atoms with van der Waals surface area (Å²) in [4.78, 5) is 0. The smallest absolute Gasteiger partial charge is 0.143 e. The van der Waals surface area contributed by atoms with E-state index >= 15 is 0 Å². The molecule has 1 heteroatoms. The van der Waals surface area contributed by atoms with Crippen molar-refractivity contribution in [2.24, 2.45) is 0 Å². The predicted molar refractivity (Wildman–Crippen MR) is 232 cm³/mol. The topological polar surface area (TPSA) is 13.1 Å². The normalized spacial score (nSPS) is 13.2. The van der Waals surface area contributed by atoms with E-state index in [-0.39, 0.29) is 5.41 Å². The highest BCUT2D eigenvalue weighted by Crippen LogP contribution is 2.52. The van der Waals surface area contributed by atoms with Gasteiger partial charge in [0.2, 0.25) is 0 Å². The summed E-state index contributed by atoms with van der Waals surface area (Å²) in [6, 6.07) is 68.1. The van der Waals surface area contributed by atoms with E-state index in [1.165, 1.54) is 66.8 Å². The second kappa shape index (κ2) is 13.3. The van der Waals surface area contributed by atoms with E-state index in [1.807, 2.05) is 12.1 Å². The van der Waals surface area contributed by atoms with Crippen LogP contribution in [-0.4, -0.2) is 0 Å². The molecule has 0 amide bonds. The molecule has 0 saturated heterocycles. The van der Waals surface area contributed by atoms with Gasteiger partial charge in [0.25, 0.3) is 0 Å². The molecule has 1 aromatic heterocycles. The van der Waals surface area contributed by atoms with E-state index in [9.17, 15) is 0 Å². The van der Waals surface area contributed by atoms with Gasteiger partial charge in [-0.2, -0.15) is 0 Å². The average molecular weight is 705 g/mol. The summed E-state index contributed by atoms with van der Waals surface area (Å²) in [6.07, 6.45) is 3.18. The first-order valence-corrected chi connectivity index (χ1v) is 19.2. The van der Waals surface area contributed by atoms with Crippen LogP contribution in [0.3, 0.4) is 0 Å². The Balaban J connectivity index is 1.04. The SMILES string of the molecule is CC1(C)c2cc(C/C(=C/c3ccc(-c4ccccc4)cc3)c3ccc(-c4cccc5c4oc4ccccc45)cc3)ccc2-c2c(-c3ccccc3)cccc21. The van der Waals surface area contributed by atoms with E-state index in [4.69, 9.17) is 4.42 Å². The van der Waals surface area contributed by atoms with E-state index in [1.54, 1.807) is 0 Å². The maximum absolute atomic E-state index is 6.41. The Bertz CT molecular complexity index is 2870.